The van der Waals surface area contributed by atoms with Crippen LogP contribution in [0, 0.1) is 5.82 Å². The minimum absolute atomic E-state index is 0.0306. The van der Waals surface area contributed by atoms with E-state index in [1.807, 2.05) is 0 Å². The molecular formula is C14H12FNO4S. The number of carbonyl (C=O) groups is 1. The van der Waals surface area contributed by atoms with Crippen molar-refractivity contribution in [3.8, 4) is 5.88 Å². The van der Waals surface area contributed by atoms with Gasteiger partial charge in [0.1, 0.15) is 5.82 Å². The molecule has 1 unspecified atom stereocenters. The van der Waals surface area contributed by atoms with Gasteiger partial charge in [-0.2, -0.15) is 0 Å². The van der Waals surface area contributed by atoms with E-state index in [0.29, 0.717) is 11.6 Å². The van der Waals surface area contributed by atoms with Gasteiger partial charge in [-0.25, -0.2) is 14.2 Å². The maximum Gasteiger partial charge on any atom is 0.335 e. The number of hydrogen-bond donors (Lipinski definition) is 1. The van der Waals surface area contributed by atoms with Gasteiger partial charge in [0, 0.05) is 6.07 Å². The number of benzene rings is 1. The summed E-state index contributed by atoms with van der Waals surface area (Å²) in [5, 5.41) is 8.89. The van der Waals surface area contributed by atoms with Gasteiger partial charge < -0.3 is 9.84 Å². The van der Waals surface area contributed by atoms with Crippen molar-refractivity contribution in [3.05, 3.63) is 53.5 Å². The number of methoxy groups -OCH3 is 1. The second kappa shape index (κ2) is 6.45. The molecule has 0 saturated carbocycles. The van der Waals surface area contributed by atoms with Crippen LogP contribution in [0.15, 0.2) is 41.3 Å². The Labute approximate surface area is 122 Å². The highest BCUT2D eigenvalue weighted by molar-refractivity contribution is 7.84. The van der Waals surface area contributed by atoms with Gasteiger partial charge in [0.05, 0.1) is 39.8 Å². The van der Waals surface area contributed by atoms with E-state index in [9.17, 15) is 13.4 Å². The molecule has 2 aromatic rings. The molecule has 5 nitrogen and oxygen atoms in total. The average Bonchev–Trinajstić information content (AvgIpc) is 2.47. The molecule has 1 N–H and O–H groups in total. The molecule has 0 bridgehead atoms. The molecule has 1 aromatic carbocycles. The minimum Gasteiger partial charge on any atom is -0.481 e. The summed E-state index contributed by atoms with van der Waals surface area (Å²) in [7, 11) is -0.282. The Morgan fingerprint density at radius 3 is 2.81 bits per heavy atom. The number of rotatable bonds is 5. The van der Waals surface area contributed by atoms with Crippen molar-refractivity contribution in [2.45, 2.75) is 10.6 Å². The van der Waals surface area contributed by atoms with E-state index < -0.39 is 22.6 Å². The Hall–Kier alpha value is -2.28. The first-order chi connectivity index (χ1) is 10.0. The molecule has 0 aliphatic carbocycles. The highest BCUT2D eigenvalue weighted by Gasteiger charge is 2.15. The van der Waals surface area contributed by atoms with Crippen LogP contribution in [0.5, 0.6) is 5.88 Å². The van der Waals surface area contributed by atoms with E-state index in [1.165, 1.54) is 7.11 Å². The van der Waals surface area contributed by atoms with Crippen LogP contribution >= 0.6 is 0 Å². The van der Waals surface area contributed by atoms with Crippen molar-refractivity contribution >= 4 is 16.8 Å². The lowest BCUT2D eigenvalue weighted by Crippen LogP contribution is -2.04. The van der Waals surface area contributed by atoms with Gasteiger partial charge >= 0.3 is 5.97 Å². The van der Waals surface area contributed by atoms with Crippen LogP contribution in [0.2, 0.25) is 0 Å². The number of carboxylic acid groups (broad SMARTS) is 1. The molecule has 0 spiro atoms. The number of hydrogen-bond acceptors (Lipinski definition) is 4. The standard InChI is InChI=1S/C14H12FNO4S/c1-20-13-4-2-3-10(16-13)8-21(19)12-7-9(14(17)18)5-6-11(12)15/h2-7H,8H2,1H3,(H,17,18). The number of nitrogens with zero attached hydrogens (tertiary/aromatic N) is 1. The molecule has 21 heavy (non-hydrogen) atoms. The van der Waals surface area contributed by atoms with Gasteiger partial charge in [0.25, 0.3) is 0 Å². The summed E-state index contributed by atoms with van der Waals surface area (Å²) >= 11 is 0. The largest absolute Gasteiger partial charge is 0.481 e. The Kier molecular flexibility index (Phi) is 4.64. The lowest BCUT2D eigenvalue weighted by atomic mass is 10.2. The maximum atomic E-state index is 13.7. The van der Waals surface area contributed by atoms with Crippen LogP contribution in [0.25, 0.3) is 0 Å². The van der Waals surface area contributed by atoms with Crippen molar-refractivity contribution in [1.82, 2.24) is 4.98 Å². The highest BCUT2D eigenvalue weighted by Crippen LogP contribution is 2.18. The van der Waals surface area contributed by atoms with Crippen LogP contribution in [0.4, 0.5) is 4.39 Å². The molecule has 0 amide bonds. The lowest BCUT2D eigenvalue weighted by Gasteiger charge is -2.06. The number of carboxylic acids is 1. The first kappa shape index (κ1) is 15.1. The summed E-state index contributed by atoms with van der Waals surface area (Å²) in [4.78, 5) is 14.8. The number of aromatic carboxylic acids is 1. The SMILES string of the molecule is COc1cccc(CS(=O)c2cc(C(=O)O)ccc2F)n1. The number of ether oxygens (including phenoxy) is 1. The number of aromatic nitrogens is 1. The molecule has 1 aromatic heterocycles. The zero-order valence-electron chi connectivity index (χ0n) is 11.1. The van der Waals surface area contributed by atoms with Crippen LogP contribution in [-0.2, 0) is 16.6 Å². The molecule has 0 saturated heterocycles. The molecule has 1 atom stereocenters. The van der Waals surface area contributed by atoms with E-state index in [2.05, 4.69) is 4.98 Å². The predicted octanol–water partition coefficient (Wildman–Crippen LogP) is 2.24. The zero-order valence-corrected chi connectivity index (χ0v) is 11.9. The Bertz CT molecular complexity index is 705. The highest BCUT2D eigenvalue weighted by atomic mass is 32.2. The number of halogens is 1. The summed E-state index contributed by atoms with van der Waals surface area (Å²) in [5.41, 5.74) is 0.353. The van der Waals surface area contributed by atoms with Crippen LogP contribution < -0.4 is 4.74 Å². The van der Waals surface area contributed by atoms with Gasteiger partial charge in [-0.3, -0.25) is 4.21 Å². The lowest BCUT2D eigenvalue weighted by molar-refractivity contribution is 0.0696. The van der Waals surface area contributed by atoms with Crippen molar-refractivity contribution in [1.29, 1.82) is 0 Å². The fourth-order valence-corrected chi connectivity index (χ4v) is 2.80. The topological polar surface area (TPSA) is 76.5 Å². The van der Waals surface area contributed by atoms with Crippen LogP contribution in [-0.4, -0.2) is 27.4 Å². The average molecular weight is 309 g/mol. The van der Waals surface area contributed by atoms with Gasteiger partial charge in [0.15, 0.2) is 0 Å². The molecule has 0 fully saturated rings. The Morgan fingerprint density at radius 1 is 1.38 bits per heavy atom. The van der Waals surface area contributed by atoms with E-state index in [0.717, 1.165) is 18.2 Å². The fraction of sp³-hybridized carbons (Fsp3) is 0.143. The van der Waals surface area contributed by atoms with E-state index in [1.54, 1.807) is 18.2 Å². The first-order valence-corrected chi connectivity index (χ1v) is 7.24. The molecule has 2 rings (SSSR count). The van der Waals surface area contributed by atoms with Gasteiger partial charge in [-0.05, 0) is 24.3 Å². The summed E-state index contributed by atoms with van der Waals surface area (Å²) in [6, 6.07) is 8.16. The van der Waals surface area contributed by atoms with Crippen LogP contribution in [0.1, 0.15) is 16.1 Å². The molecular weight excluding hydrogens is 297 g/mol. The smallest absolute Gasteiger partial charge is 0.335 e. The molecule has 0 radical (unpaired) electrons. The van der Waals surface area contributed by atoms with Crippen molar-refractivity contribution in [3.63, 3.8) is 0 Å². The third-order valence-corrected chi connectivity index (χ3v) is 4.05. The molecule has 0 aliphatic heterocycles. The minimum atomic E-state index is -1.74. The normalized spacial score (nSPS) is 11.9. The summed E-state index contributed by atoms with van der Waals surface area (Å²) in [6.07, 6.45) is 0. The van der Waals surface area contributed by atoms with E-state index in [4.69, 9.17) is 9.84 Å². The summed E-state index contributed by atoms with van der Waals surface area (Å²) < 4.78 is 30.9. The van der Waals surface area contributed by atoms with Gasteiger partial charge in [-0.15, -0.1) is 0 Å². The quantitative estimate of drug-likeness (QED) is 0.916. The Morgan fingerprint density at radius 2 is 2.14 bits per heavy atom. The molecule has 0 aliphatic rings. The second-order valence-electron chi connectivity index (χ2n) is 4.11. The first-order valence-electron chi connectivity index (χ1n) is 5.92. The third kappa shape index (κ3) is 3.63. The Balaban J connectivity index is 2.27. The third-order valence-electron chi connectivity index (χ3n) is 2.69. The van der Waals surface area contributed by atoms with Gasteiger partial charge in [-0.1, -0.05) is 6.07 Å². The molecule has 1 heterocycles. The monoisotopic (exact) mass is 309 g/mol. The van der Waals surface area contributed by atoms with Crippen molar-refractivity contribution in [2.24, 2.45) is 0 Å². The second-order valence-corrected chi connectivity index (χ2v) is 5.53. The van der Waals surface area contributed by atoms with Crippen molar-refractivity contribution in [2.75, 3.05) is 7.11 Å². The predicted molar refractivity (Wildman–Crippen MR) is 74.3 cm³/mol. The fourth-order valence-electron chi connectivity index (χ4n) is 1.67. The summed E-state index contributed by atoms with van der Waals surface area (Å²) in [6.45, 7) is 0. The van der Waals surface area contributed by atoms with E-state index in [-0.39, 0.29) is 16.2 Å². The van der Waals surface area contributed by atoms with Gasteiger partial charge in [0.2, 0.25) is 5.88 Å². The maximum absolute atomic E-state index is 13.7. The number of pyridine rings is 1. The molecule has 7 heteroatoms. The van der Waals surface area contributed by atoms with Crippen molar-refractivity contribution < 1.29 is 23.2 Å². The zero-order chi connectivity index (χ0) is 15.4. The summed E-state index contributed by atoms with van der Waals surface area (Å²) in [5.74, 6) is -1.57. The van der Waals surface area contributed by atoms with E-state index >= 15 is 0 Å². The van der Waals surface area contributed by atoms with Crippen LogP contribution in [0.3, 0.4) is 0 Å². The molecule has 110 valence electrons.